The van der Waals surface area contributed by atoms with Gasteiger partial charge in [0.2, 0.25) is 11.9 Å². The molecule has 1 saturated heterocycles. The summed E-state index contributed by atoms with van der Waals surface area (Å²) in [4.78, 5) is 23.1. The Bertz CT molecular complexity index is 1320. The predicted molar refractivity (Wildman–Crippen MR) is 129 cm³/mol. The first-order valence-corrected chi connectivity index (χ1v) is 10.9. The minimum Gasteiger partial charge on any atom is -0.378 e. The second-order valence-electron chi connectivity index (χ2n) is 7.67. The number of aromatic amines is 1. The molecule has 1 fully saturated rings. The number of rotatable bonds is 5. The van der Waals surface area contributed by atoms with Crippen molar-refractivity contribution in [3.8, 4) is 11.3 Å². The third kappa shape index (κ3) is 4.59. The van der Waals surface area contributed by atoms with Gasteiger partial charge in [-0.05, 0) is 30.3 Å². The highest BCUT2D eigenvalue weighted by Gasteiger charge is 2.17. The van der Waals surface area contributed by atoms with E-state index in [0.29, 0.717) is 28.4 Å². The Balaban J connectivity index is 1.51. The van der Waals surface area contributed by atoms with Crippen LogP contribution in [0.1, 0.15) is 6.92 Å². The molecule has 0 atom stereocenters. The maximum atomic E-state index is 11.5. The minimum atomic E-state index is -0.149. The molecule has 168 valence electrons. The Morgan fingerprint density at radius 2 is 1.88 bits per heavy atom. The van der Waals surface area contributed by atoms with Crippen LogP contribution in [-0.2, 0) is 9.53 Å². The number of carbonyl (C=O) groups excluding carboxylic acids is 1. The molecule has 0 radical (unpaired) electrons. The van der Waals surface area contributed by atoms with Crippen molar-refractivity contribution >= 4 is 51.6 Å². The molecule has 10 heteroatoms. The Hall–Kier alpha value is -3.69. The number of halogens is 1. The van der Waals surface area contributed by atoms with Gasteiger partial charge in [0.05, 0.1) is 24.3 Å². The molecule has 2 aromatic carbocycles. The van der Waals surface area contributed by atoms with Crippen molar-refractivity contribution < 1.29 is 9.53 Å². The van der Waals surface area contributed by atoms with E-state index in [-0.39, 0.29) is 11.1 Å². The zero-order valence-corrected chi connectivity index (χ0v) is 18.7. The van der Waals surface area contributed by atoms with E-state index in [0.717, 1.165) is 43.2 Å². The smallest absolute Gasteiger partial charge is 0.229 e. The summed E-state index contributed by atoms with van der Waals surface area (Å²) >= 11 is 6.34. The zero-order chi connectivity index (χ0) is 22.8. The fourth-order valence-corrected chi connectivity index (χ4v) is 4.06. The summed E-state index contributed by atoms with van der Waals surface area (Å²) in [6, 6.07) is 15.5. The second kappa shape index (κ2) is 9.05. The summed E-state index contributed by atoms with van der Waals surface area (Å²) < 4.78 is 5.45. The lowest BCUT2D eigenvalue weighted by Gasteiger charge is -2.29. The summed E-state index contributed by atoms with van der Waals surface area (Å²) in [5, 5.41) is 14.0. The van der Waals surface area contributed by atoms with E-state index in [4.69, 9.17) is 21.3 Å². The molecule has 3 N–H and O–H groups in total. The van der Waals surface area contributed by atoms with Crippen LogP contribution < -0.4 is 15.5 Å². The number of H-pyrrole nitrogens is 1. The van der Waals surface area contributed by atoms with Crippen LogP contribution in [0.3, 0.4) is 0 Å². The molecule has 0 aliphatic carbocycles. The molecule has 1 aliphatic heterocycles. The molecule has 1 aliphatic rings. The van der Waals surface area contributed by atoms with Crippen molar-refractivity contribution in [1.82, 2.24) is 20.2 Å². The molecule has 1 amide bonds. The van der Waals surface area contributed by atoms with E-state index < -0.39 is 0 Å². The van der Waals surface area contributed by atoms with Crippen LogP contribution in [0.5, 0.6) is 0 Å². The molecule has 3 heterocycles. The van der Waals surface area contributed by atoms with Crippen LogP contribution in [0.15, 0.2) is 48.5 Å². The van der Waals surface area contributed by atoms with E-state index in [9.17, 15) is 4.79 Å². The van der Waals surface area contributed by atoms with Gasteiger partial charge in [0, 0.05) is 42.6 Å². The SMILES string of the molecule is CC(=O)Nc1cccc(-c2nc(Nc3cccc(N4CCOCC4)c3)nc3[nH]nc(Cl)c23)c1. The number of nitrogens with zero attached hydrogens (tertiary/aromatic N) is 4. The van der Waals surface area contributed by atoms with Gasteiger partial charge in [-0.25, -0.2) is 4.98 Å². The molecule has 0 saturated carbocycles. The van der Waals surface area contributed by atoms with Gasteiger partial charge in [-0.1, -0.05) is 29.8 Å². The van der Waals surface area contributed by atoms with Gasteiger partial charge in [0.15, 0.2) is 10.8 Å². The number of hydrogen-bond acceptors (Lipinski definition) is 7. The van der Waals surface area contributed by atoms with Crippen molar-refractivity contribution in [3.63, 3.8) is 0 Å². The highest BCUT2D eigenvalue weighted by atomic mass is 35.5. The first-order valence-electron chi connectivity index (χ1n) is 10.6. The Morgan fingerprint density at radius 3 is 2.70 bits per heavy atom. The summed E-state index contributed by atoms with van der Waals surface area (Å²) in [5.41, 5.74) is 4.54. The Kier molecular flexibility index (Phi) is 5.80. The quantitative estimate of drug-likeness (QED) is 0.406. The minimum absolute atomic E-state index is 0.149. The third-order valence-electron chi connectivity index (χ3n) is 5.31. The average molecular weight is 464 g/mol. The molecule has 0 bridgehead atoms. The monoisotopic (exact) mass is 463 g/mol. The van der Waals surface area contributed by atoms with Gasteiger partial charge in [-0.3, -0.25) is 9.89 Å². The van der Waals surface area contributed by atoms with Crippen LogP contribution in [-0.4, -0.2) is 52.4 Å². The molecule has 9 nitrogen and oxygen atoms in total. The van der Waals surface area contributed by atoms with Gasteiger partial charge in [0.1, 0.15) is 0 Å². The number of fused-ring (bicyclic) bond motifs is 1. The molecule has 0 spiro atoms. The van der Waals surface area contributed by atoms with Gasteiger partial charge in [-0.15, -0.1) is 0 Å². The number of hydrogen-bond donors (Lipinski definition) is 3. The van der Waals surface area contributed by atoms with E-state index in [1.807, 2.05) is 36.4 Å². The number of nitrogens with one attached hydrogen (secondary N) is 3. The summed E-state index contributed by atoms with van der Waals surface area (Å²) in [6.45, 7) is 4.62. The third-order valence-corrected chi connectivity index (χ3v) is 5.58. The van der Waals surface area contributed by atoms with Crippen LogP contribution in [0, 0.1) is 0 Å². The molecule has 5 rings (SSSR count). The summed E-state index contributed by atoms with van der Waals surface area (Å²) in [7, 11) is 0. The molecular weight excluding hydrogens is 442 g/mol. The van der Waals surface area contributed by atoms with Crippen LogP contribution in [0.2, 0.25) is 5.15 Å². The number of ether oxygens (including phenoxy) is 1. The maximum Gasteiger partial charge on any atom is 0.229 e. The van der Waals surface area contributed by atoms with Gasteiger partial charge < -0.3 is 20.3 Å². The van der Waals surface area contributed by atoms with Crippen molar-refractivity contribution in [2.75, 3.05) is 41.8 Å². The predicted octanol–water partition coefficient (Wildman–Crippen LogP) is 4.21. The summed E-state index contributed by atoms with van der Waals surface area (Å²) in [5.74, 6) is 0.255. The average Bonchev–Trinajstić information content (AvgIpc) is 3.20. The highest BCUT2D eigenvalue weighted by Crippen LogP contribution is 2.33. The number of benzene rings is 2. The van der Waals surface area contributed by atoms with E-state index in [1.165, 1.54) is 6.92 Å². The number of aromatic nitrogens is 4. The molecule has 4 aromatic rings. The van der Waals surface area contributed by atoms with Crippen molar-refractivity contribution in [2.45, 2.75) is 6.92 Å². The molecule has 33 heavy (non-hydrogen) atoms. The fraction of sp³-hybridized carbons (Fsp3) is 0.217. The fourth-order valence-electron chi connectivity index (χ4n) is 3.84. The first-order chi connectivity index (χ1) is 16.1. The number of carbonyl (C=O) groups is 1. The Morgan fingerprint density at radius 1 is 1.09 bits per heavy atom. The zero-order valence-electron chi connectivity index (χ0n) is 17.9. The first kappa shape index (κ1) is 21.2. The molecule has 0 unspecified atom stereocenters. The number of amides is 1. The van der Waals surface area contributed by atoms with Crippen LogP contribution >= 0.6 is 11.6 Å². The molecular formula is C23H22ClN7O2. The standard InChI is InChI=1S/C23H22ClN7O2/c1-14(32)25-16-5-2-4-15(12-16)20-19-21(24)29-30-22(19)28-23(27-20)26-17-6-3-7-18(13-17)31-8-10-33-11-9-31/h2-7,12-13H,8-11H2,1H3,(H,25,32)(H2,26,27,28,29,30). The van der Waals surface area contributed by atoms with E-state index in [2.05, 4.69) is 42.8 Å². The van der Waals surface area contributed by atoms with Gasteiger partial charge >= 0.3 is 0 Å². The second-order valence-corrected chi connectivity index (χ2v) is 8.03. The van der Waals surface area contributed by atoms with Crippen molar-refractivity contribution in [2.24, 2.45) is 0 Å². The van der Waals surface area contributed by atoms with E-state index in [1.54, 1.807) is 0 Å². The number of morpholine rings is 1. The summed E-state index contributed by atoms with van der Waals surface area (Å²) in [6.07, 6.45) is 0. The normalized spacial score (nSPS) is 13.8. The van der Waals surface area contributed by atoms with Crippen LogP contribution in [0.4, 0.5) is 23.0 Å². The van der Waals surface area contributed by atoms with Crippen molar-refractivity contribution in [1.29, 1.82) is 0 Å². The molecule has 2 aromatic heterocycles. The lowest BCUT2D eigenvalue weighted by molar-refractivity contribution is -0.114. The lowest BCUT2D eigenvalue weighted by Crippen LogP contribution is -2.36. The lowest BCUT2D eigenvalue weighted by atomic mass is 10.1. The van der Waals surface area contributed by atoms with E-state index >= 15 is 0 Å². The van der Waals surface area contributed by atoms with Crippen LogP contribution in [0.25, 0.3) is 22.3 Å². The Labute approximate surface area is 195 Å². The highest BCUT2D eigenvalue weighted by molar-refractivity contribution is 6.35. The van der Waals surface area contributed by atoms with Gasteiger partial charge in [-0.2, -0.15) is 10.1 Å². The van der Waals surface area contributed by atoms with Gasteiger partial charge in [0.25, 0.3) is 0 Å². The number of anilines is 4. The maximum absolute atomic E-state index is 11.5. The topological polar surface area (TPSA) is 108 Å². The van der Waals surface area contributed by atoms with Crippen molar-refractivity contribution in [3.05, 3.63) is 53.7 Å². The largest absolute Gasteiger partial charge is 0.378 e.